The lowest BCUT2D eigenvalue weighted by atomic mass is 10.3. The molecule has 7 heteroatoms. The van der Waals surface area contributed by atoms with Crippen LogP contribution in [0.2, 0.25) is 0 Å². The number of carbonyl (C=O) groups is 2. The summed E-state index contributed by atoms with van der Waals surface area (Å²) in [6.07, 6.45) is 1.49. The average molecular weight is 265 g/mol. The average Bonchev–Trinajstić information content (AvgIpc) is 2.34. The van der Waals surface area contributed by atoms with E-state index in [1.165, 1.54) is 24.9 Å². The van der Waals surface area contributed by atoms with Crippen LogP contribution < -0.4 is 5.32 Å². The van der Waals surface area contributed by atoms with Crippen molar-refractivity contribution < 1.29 is 14.7 Å². The molecule has 0 aromatic carbocycles. The molecular weight excluding hydrogens is 254 g/mol. The molecule has 94 valence electrons. The van der Waals surface area contributed by atoms with Crippen molar-refractivity contribution in [1.29, 1.82) is 5.26 Å². The Hall–Kier alpha value is -2.07. The number of amides is 1. The number of nitriles is 1. The molecule has 0 aliphatic carbocycles. The molecule has 1 heterocycles. The molecule has 1 atom stereocenters. The molecule has 0 spiro atoms. The Morgan fingerprint density at radius 2 is 2.39 bits per heavy atom. The fraction of sp³-hybridized carbons (Fsp3) is 0.273. The van der Waals surface area contributed by atoms with Crippen molar-refractivity contribution in [3.63, 3.8) is 0 Å². The number of nitrogens with zero attached hydrogens (tertiary/aromatic N) is 2. The van der Waals surface area contributed by atoms with Crippen LogP contribution in [-0.2, 0) is 9.59 Å². The Bertz CT molecular complexity index is 499. The molecule has 0 bridgehead atoms. The predicted octanol–water partition coefficient (Wildman–Crippen LogP) is 0.635. The van der Waals surface area contributed by atoms with Gasteiger partial charge in [-0.3, -0.25) is 4.79 Å². The maximum atomic E-state index is 10.9. The second-order valence-electron chi connectivity index (χ2n) is 3.36. The number of carbonyl (C=O) groups excluding carboxylic acids is 1. The lowest BCUT2D eigenvalue weighted by Crippen LogP contribution is -2.41. The molecule has 0 radical (unpaired) electrons. The number of pyridine rings is 1. The molecule has 1 unspecified atom stereocenters. The fourth-order valence-electron chi connectivity index (χ4n) is 1.18. The van der Waals surface area contributed by atoms with Crippen LogP contribution in [0.25, 0.3) is 0 Å². The molecule has 0 aliphatic heterocycles. The minimum absolute atomic E-state index is 0.134. The Morgan fingerprint density at radius 1 is 1.67 bits per heavy atom. The van der Waals surface area contributed by atoms with Crippen LogP contribution >= 0.6 is 11.8 Å². The summed E-state index contributed by atoms with van der Waals surface area (Å²) in [5, 5.41) is 20.1. The normalized spacial score (nSPS) is 11.3. The minimum atomic E-state index is -1.11. The second kappa shape index (κ2) is 6.61. The van der Waals surface area contributed by atoms with Gasteiger partial charge in [0.25, 0.3) is 0 Å². The molecule has 1 aromatic heterocycles. The number of aliphatic carboxylic acids is 1. The van der Waals surface area contributed by atoms with E-state index < -0.39 is 17.9 Å². The third-order valence-corrected chi connectivity index (χ3v) is 3.10. The maximum absolute atomic E-state index is 10.9. The zero-order valence-electron chi connectivity index (χ0n) is 9.58. The molecule has 2 N–H and O–H groups in total. The number of hydrogen-bond acceptors (Lipinski definition) is 5. The monoisotopic (exact) mass is 265 g/mol. The molecule has 0 saturated carbocycles. The van der Waals surface area contributed by atoms with Crippen LogP contribution in [-0.4, -0.2) is 33.8 Å². The third-order valence-electron chi connectivity index (χ3n) is 1.96. The van der Waals surface area contributed by atoms with Crippen molar-refractivity contribution in [2.24, 2.45) is 0 Å². The standard InChI is InChI=1S/C11H11N3O3S/c1-7(15)14-9(11(16)17)6-18-10-3-2-4-13-8(10)5-12/h2-4,9H,6H2,1H3,(H,14,15)(H,16,17). The first-order valence-electron chi connectivity index (χ1n) is 5.02. The van der Waals surface area contributed by atoms with Gasteiger partial charge in [0.05, 0.1) is 0 Å². The molecule has 1 amide bonds. The van der Waals surface area contributed by atoms with Gasteiger partial charge in [0.1, 0.15) is 12.1 Å². The number of carboxylic acids is 1. The Kier molecular flexibility index (Phi) is 5.14. The summed E-state index contributed by atoms with van der Waals surface area (Å²) in [6.45, 7) is 1.26. The molecule has 18 heavy (non-hydrogen) atoms. The number of rotatable bonds is 5. The van der Waals surface area contributed by atoms with Crippen molar-refractivity contribution in [2.75, 3.05) is 5.75 Å². The molecular formula is C11H11N3O3S. The van der Waals surface area contributed by atoms with Crippen molar-refractivity contribution in [3.8, 4) is 6.07 Å². The van der Waals surface area contributed by atoms with E-state index in [2.05, 4.69) is 10.3 Å². The van der Waals surface area contributed by atoms with Gasteiger partial charge < -0.3 is 10.4 Å². The van der Waals surface area contributed by atoms with Crippen LogP contribution in [0, 0.1) is 11.3 Å². The highest BCUT2D eigenvalue weighted by molar-refractivity contribution is 7.99. The maximum Gasteiger partial charge on any atom is 0.327 e. The summed E-state index contributed by atoms with van der Waals surface area (Å²) in [4.78, 5) is 26.2. The van der Waals surface area contributed by atoms with Crippen LogP contribution in [0.5, 0.6) is 0 Å². The van der Waals surface area contributed by atoms with Crippen molar-refractivity contribution in [1.82, 2.24) is 10.3 Å². The summed E-state index contributed by atoms with van der Waals surface area (Å²) in [7, 11) is 0. The smallest absolute Gasteiger partial charge is 0.327 e. The van der Waals surface area contributed by atoms with Crippen LogP contribution in [0.4, 0.5) is 0 Å². The van der Waals surface area contributed by atoms with E-state index in [0.29, 0.717) is 4.90 Å². The quantitative estimate of drug-likeness (QED) is 0.757. The van der Waals surface area contributed by atoms with Crippen LogP contribution in [0.3, 0.4) is 0 Å². The zero-order valence-corrected chi connectivity index (χ0v) is 10.4. The highest BCUT2D eigenvalue weighted by atomic mass is 32.2. The minimum Gasteiger partial charge on any atom is -0.480 e. The van der Waals surface area contributed by atoms with Crippen LogP contribution in [0.15, 0.2) is 23.2 Å². The van der Waals surface area contributed by atoms with Gasteiger partial charge in [-0.05, 0) is 12.1 Å². The molecule has 1 rings (SSSR count). The van der Waals surface area contributed by atoms with Crippen LogP contribution in [0.1, 0.15) is 12.6 Å². The Balaban J connectivity index is 2.70. The van der Waals surface area contributed by atoms with Gasteiger partial charge in [-0.25, -0.2) is 9.78 Å². The zero-order chi connectivity index (χ0) is 13.5. The summed E-state index contributed by atoms with van der Waals surface area (Å²) >= 11 is 1.17. The van der Waals surface area contributed by atoms with Crippen molar-refractivity contribution >= 4 is 23.6 Å². The summed E-state index contributed by atoms with van der Waals surface area (Å²) in [5.74, 6) is -1.38. The molecule has 6 nitrogen and oxygen atoms in total. The number of hydrogen-bond donors (Lipinski definition) is 2. The van der Waals surface area contributed by atoms with E-state index in [9.17, 15) is 9.59 Å². The topological polar surface area (TPSA) is 103 Å². The van der Waals surface area contributed by atoms with Gasteiger partial charge in [-0.2, -0.15) is 5.26 Å². The predicted molar refractivity (Wildman–Crippen MR) is 64.9 cm³/mol. The summed E-state index contributed by atoms with van der Waals surface area (Å²) < 4.78 is 0. The molecule has 0 fully saturated rings. The van der Waals surface area contributed by atoms with E-state index >= 15 is 0 Å². The summed E-state index contributed by atoms with van der Waals surface area (Å²) in [5.41, 5.74) is 0.245. The van der Waals surface area contributed by atoms with E-state index in [1.54, 1.807) is 12.1 Å². The van der Waals surface area contributed by atoms with Crippen molar-refractivity contribution in [2.45, 2.75) is 17.9 Å². The lowest BCUT2D eigenvalue weighted by molar-refractivity contribution is -0.140. The van der Waals surface area contributed by atoms with Gasteiger partial charge in [0, 0.05) is 23.8 Å². The highest BCUT2D eigenvalue weighted by Crippen LogP contribution is 2.21. The first-order chi connectivity index (χ1) is 8.54. The highest BCUT2D eigenvalue weighted by Gasteiger charge is 2.19. The molecule has 0 saturated heterocycles. The van der Waals surface area contributed by atoms with E-state index in [1.807, 2.05) is 6.07 Å². The SMILES string of the molecule is CC(=O)NC(CSc1cccnc1C#N)C(=O)O. The van der Waals surface area contributed by atoms with E-state index in [4.69, 9.17) is 10.4 Å². The van der Waals surface area contributed by atoms with E-state index in [0.717, 1.165) is 0 Å². The second-order valence-corrected chi connectivity index (χ2v) is 4.43. The van der Waals surface area contributed by atoms with E-state index in [-0.39, 0.29) is 11.4 Å². The third kappa shape index (κ3) is 4.07. The number of aromatic nitrogens is 1. The Labute approximate surface area is 108 Å². The largest absolute Gasteiger partial charge is 0.480 e. The number of thioether (sulfide) groups is 1. The summed E-state index contributed by atoms with van der Waals surface area (Å²) in [6, 6.07) is 4.28. The van der Waals surface area contributed by atoms with Gasteiger partial charge >= 0.3 is 5.97 Å². The first kappa shape index (κ1) is 14.0. The number of carboxylic acid groups (broad SMARTS) is 1. The van der Waals surface area contributed by atoms with Gasteiger partial charge in [-0.1, -0.05) is 0 Å². The van der Waals surface area contributed by atoms with Crippen molar-refractivity contribution in [3.05, 3.63) is 24.0 Å². The molecule has 1 aromatic rings. The number of nitrogens with one attached hydrogen (secondary N) is 1. The van der Waals surface area contributed by atoms with Gasteiger partial charge in [0.2, 0.25) is 5.91 Å². The van der Waals surface area contributed by atoms with Gasteiger partial charge in [-0.15, -0.1) is 11.8 Å². The van der Waals surface area contributed by atoms with Gasteiger partial charge in [0.15, 0.2) is 5.69 Å². The molecule has 0 aliphatic rings. The fourth-order valence-corrected chi connectivity index (χ4v) is 2.17. The Morgan fingerprint density at radius 3 is 2.94 bits per heavy atom. The lowest BCUT2D eigenvalue weighted by Gasteiger charge is -2.12. The first-order valence-corrected chi connectivity index (χ1v) is 6.01.